The van der Waals surface area contributed by atoms with Crippen molar-refractivity contribution in [2.45, 2.75) is 12.4 Å². The fraction of sp³-hybridized carbons (Fsp3) is 0.333. The molecule has 10 heteroatoms. The van der Waals surface area contributed by atoms with E-state index in [4.69, 9.17) is 9.47 Å². The fourth-order valence-electron chi connectivity index (χ4n) is 1.97. The minimum Gasteiger partial charge on any atom is -0.496 e. The smallest absolute Gasteiger partial charge is 0.435 e. The monoisotopic (exact) mass is 326 g/mol. The van der Waals surface area contributed by atoms with E-state index in [1.165, 1.54) is 0 Å². The molecule has 0 N–H and O–H groups in total. The van der Waals surface area contributed by atoms with Gasteiger partial charge in [-0.15, -0.1) is 10.2 Å². The number of benzene rings is 1. The van der Waals surface area contributed by atoms with Gasteiger partial charge in [0, 0.05) is 0 Å². The Balaban J connectivity index is 3.05. The summed E-state index contributed by atoms with van der Waals surface area (Å²) < 4.78 is 87.6. The Morgan fingerprint density at radius 2 is 1.05 bits per heavy atom. The second kappa shape index (κ2) is 5.18. The Hall–Kier alpha value is -2.26. The van der Waals surface area contributed by atoms with Gasteiger partial charge in [-0.2, -0.15) is 26.3 Å². The zero-order chi connectivity index (χ0) is 16.7. The van der Waals surface area contributed by atoms with Gasteiger partial charge in [0.25, 0.3) is 0 Å². The van der Waals surface area contributed by atoms with Gasteiger partial charge in [-0.05, 0) is 12.1 Å². The first-order valence-electron chi connectivity index (χ1n) is 5.67. The molecule has 22 heavy (non-hydrogen) atoms. The number of aromatic nitrogens is 2. The van der Waals surface area contributed by atoms with E-state index in [-0.39, 0.29) is 0 Å². The molecule has 0 atom stereocenters. The summed E-state index contributed by atoms with van der Waals surface area (Å²) in [5.41, 5.74) is -3.16. The van der Waals surface area contributed by atoms with Crippen LogP contribution in [0.4, 0.5) is 26.3 Å². The normalized spacial score (nSPS) is 12.5. The highest BCUT2D eigenvalue weighted by Crippen LogP contribution is 2.45. The van der Waals surface area contributed by atoms with Gasteiger partial charge in [0.1, 0.15) is 11.5 Å². The van der Waals surface area contributed by atoms with E-state index >= 15 is 0 Å². The lowest BCUT2D eigenvalue weighted by Crippen LogP contribution is -2.17. The van der Waals surface area contributed by atoms with Crippen molar-refractivity contribution in [2.75, 3.05) is 14.2 Å². The van der Waals surface area contributed by atoms with Crippen LogP contribution in [0.2, 0.25) is 0 Å². The van der Waals surface area contributed by atoms with Gasteiger partial charge >= 0.3 is 12.4 Å². The molecule has 2 aromatic rings. The van der Waals surface area contributed by atoms with Crippen molar-refractivity contribution in [3.8, 4) is 11.5 Å². The van der Waals surface area contributed by atoms with E-state index < -0.39 is 46.0 Å². The molecule has 0 spiro atoms. The standard InChI is InChI=1S/C12H8F6N2O2/c1-21-5-3-4-6(22-2)8-7(5)9(11(13,14)15)19-20-10(8)12(16,17)18/h3-4H,1-2H3. The van der Waals surface area contributed by atoms with E-state index in [1.807, 2.05) is 0 Å². The molecule has 0 saturated carbocycles. The predicted octanol–water partition coefficient (Wildman–Crippen LogP) is 3.68. The minimum atomic E-state index is -5.00. The van der Waals surface area contributed by atoms with Crippen LogP contribution in [0.15, 0.2) is 12.1 Å². The van der Waals surface area contributed by atoms with Crippen molar-refractivity contribution in [3.05, 3.63) is 23.5 Å². The van der Waals surface area contributed by atoms with Crippen LogP contribution in [-0.4, -0.2) is 24.4 Å². The zero-order valence-electron chi connectivity index (χ0n) is 11.1. The summed E-state index contributed by atoms with van der Waals surface area (Å²) in [5, 5.41) is 3.70. The van der Waals surface area contributed by atoms with E-state index in [2.05, 4.69) is 10.2 Å². The molecule has 1 heterocycles. The first kappa shape index (κ1) is 16.1. The van der Waals surface area contributed by atoms with Crippen molar-refractivity contribution in [3.63, 3.8) is 0 Å². The van der Waals surface area contributed by atoms with Gasteiger partial charge in [0.05, 0.1) is 25.0 Å². The molecule has 0 unspecified atom stereocenters. The summed E-state index contributed by atoms with van der Waals surface area (Å²) in [4.78, 5) is 0. The zero-order valence-corrected chi connectivity index (χ0v) is 11.1. The van der Waals surface area contributed by atoms with Gasteiger partial charge in [-0.25, -0.2) is 0 Å². The molecular formula is C12H8F6N2O2. The van der Waals surface area contributed by atoms with Crippen LogP contribution in [0.3, 0.4) is 0 Å². The van der Waals surface area contributed by atoms with Crippen molar-refractivity contribution in [1.82, 2.24) is 10.2 Å². The topological polar surface area (TPSA) is 44.2 Å². The molecular weight excluding hydrogens is 318 g/mol. The van der Waals surface area contributed by atoms with Gasteiger partial charge in [0.2, 0.25) is 0 Å². The van der Waals surface area contributed by atoms with Crippen molar-refractivity contribution >= 4 is 10.8 Å². The Labute approximate surface area is 119 Å². The molecule has 0 bridgehead atoms. The Kier molecular flexibility index (Phi) is 3.80. The highest BCUT2D eigenvalue weighted by molar-refractivity contribution is 5.97. The Bertz CT molecular complexity index is 651. The molecule has 4 nitrogen and oxygen atoms in total. The van der Waals surface area contributed by atoms with Crippen LogP contribution in [0, 0.1) is 0 Å². The van der Waals surface area contributed by atoms with Gasteiger partial charge < -0.3 is 9.47 Å². The predicted molar refractivity (Wildman–Crippen MR) is 62.6 cm³/mol. The average molecular weight is 326 g/mol. The van der Waals surface area contributed by atoms with E-state index in [0.717, 1.165) is 26.4 Å². The van der Waals surface area contributed by atoms with Crippen molar-refractivity contribution in [1.29, 1.82) is 0 Å². The molecule has 0 aliphatic rings. The number of rotatable bonds is 2. The average Bonchev–Trinajstić information content (AvgIpc) is 2.42. The van der Waals surface area contributed by atoms with Crippen molar-refractivity contribution < 1.29 is 35.8 Å². The van der Waals surface area contributed by atoms with E-state index in [1.54, 1.807) is 0 Å². The minimum absolute atomic E-state index is 0.413. The second-order valence-electron chi connectivity index (χ2n) is 4.11. The third-order valence-electron chi connectivity index (χ3n) is 2.83. The van der Waals surface area contributed by atoms with Crippen LogP contribution in [0.1, 0.15) is 11.4 Å². The summed E-state index contributed by atoms with van der Waals surface area (Å²) in [7, 11) is 2.07. The number of nitrogens with zero attached hydrogens (tertiary/aromatic N) is 2. The summed E-state index contributed by atoms with van der Waals surface area (Å²) in [5.74, 6) is -0.827. The third-order valence-corrected chi connectivity index (χ3v) is 2.83. The van der Waals surface area contributed by atoms with E-state index in [0.29, 0.717) is 0 Å². The van der Waals surface area contributed by atoms with Crippen LogP contribution >= 0.6 is 0 Å². The lowest BCUT2D eigenvalue weighted by atomic mass is 10.1. The number of halogens is 6. The molecule has 120 valence electrons. The first-order valence-corrected chi connectivity index (χ1v) is 5.67. The lowest BCUT2D eigenvalue weighted by Gasteiger charge is -2.17. The number of alkyl halides is 6. The number of methoxy groups -OCH3 is 2. The number of hydrogen-bond donors (Lipinski definition) is 0. The van der Waals surface area contributed by atoms with Crippen LogP contribution in [0.25, 0.3) is 10.8 Å². The quantitative estimate of drug-likeness (QED) is 0.790. The van der Waals surface area contributed by atoms with Gasteiger partial charge in [0.15, 0.2) is 11.4 Å². The van der Waals surface area contributed by atoms with Crippen LogP contribution in [0.5, 0.6) is 11.5 Å². The van der Waals surface area contributed by atoms with Crippen LogP contribution in [-0.2, 0) is 12.4 Å². The number of hydrogen-bond acceptors (Lipinski definition) is 4. The summed E-state index contributed by atoms with van der Waals surface area (Å²) in [6.07, 6.45) is -10.0. The molecule has 0 aliphatic heterocycles. The maximum atomic E-state index is 13.0. The molecule has 1 aromatic carbocycles. The summed E-state index contributed by atoms with van der Waals surface area (Å²) >= 11 is 0. The number of fused-ring (bicyclic) bond motifs is 1. The SMILES string of the molecule is COc1ccc(OC)c2c(C(F)(F)F)nnc(C(F)(F)F)c12. The molecule has 0 saturated heterocycles. The second-order valence-corrected chi connectivity index (χ2v) is 4.11. The molecule has 0 amide bonds. The molecule has 0 fully saturated rings. The fourth-order valence-corrected chi connectivity index (χ4v) is 1.97. The summed E-state index contributed by atoms with van der Waals surface area (Å²) in [6, 6.07) is 2.14. The lowest BCUT2D eigenvalue weighted by molar-refractivity contribution is -0.145. The third kappa shape index (κ3) is 2.60. The molecule has 0 aliphatic carbocycles. The largest absolute Gasteiger partial charge is 0.496 e. The number of ether oxygens (including phenoxy) is 2. The first-order chi connectivity index (χ1) is 10.1. The van der Waals surface area contributed by atoms with Crippen LogP contribution < -0.4 is 9.47 Å². The Morgan fingerprint density at radius 3 is 1.27 bits per heavy atom. The summed E-state index contributed by atoms with van der Waals surface area (Å²) in [6.45, 7) is 0. The highest BCUT2D eigenvalue weighted by Gasteiger charge is 2.42. The van der Waals surface area contributed by atoms with E-state index in [9.17, 15) is 26.3 Å². The molecule has 0 radical (unpaired) electrons. The molecule has 1 aromatic heterocycles. The van der Waals surface area contributed by atoms with Crippen molar-refractivity contribution in [2.24, 2.45) is 0 Å². The highest BCUT2D eigenvalue weighted by atomic mass is 19.4. The van der Waals surface area contributed by atoms with Gasteiger partial charge in [-0.1, -0.05) is 0 Å². The maximum Gasteiger partial charge on any atom is 0.435 e. The molecule has 2 rings (SSSR count). The van der Waals surface area contributed by atoms with Gasteiger partial charge in [-0.3, -0.25) is 0 Å². The maximum absolute atomic E-state index is 13.0. The Morgan fingerprint density at radius 1 is 0.727 bits per heavy atom.